The third-order valence-corrected chi connectivity index (χ3v) is 1.94. The third kappa shape index (κ3) is 5.32. The van der Waals surface area contributed by atoms with Gasteiger partial charge in [-0.2, -0.15) is 5.10 Å². The number of nitrogens with one attached hydrogen (secondary N) is 2. The Bertz CT molecular complexity index is 301. The Balaban J connectivity index is 2.02. The van der Waals surface area contributed by atoms with Crippen molar-refractivity contribution in [1.29, 1.82) is 0 Å². The van der Waals surface area contributed by atoms with E-state index in [4.69, 9.17) is 5.73 Å². The van der Waals surface area contributed by atoms with Crippen LogP contribution in [0.1, 0.15) is 0 Å². The zero-order valence-electron chi connectivity index (χ0n) is 8.97. The molecule has 0 saturated heterocycles. The van der Waals surface area contributed by atoms with E-state index in [2.05, 4.69) is 15.7 Å². The molecular formula is C9H17N5O2. The summed E-state index contributed by atoms with van der Waals surface area (Å²) in [5, 5.41) is 19.0. The number of nitrogens with zero attached hydrogens (tertiary/aromatic N) is 2. The summed E-state index contributed by atoms with van der Waals surface area (Å²) >= 11 is 0. The number of aliphatic hydroxyl groups excluding tert-OH is 1. The summed E-state index contributed by atoms with van der Waals surface area (Å²) in [5.74, 6) is 0. The van der Waals surface area contributed by atoms with Crippen LogP contribution in [0.4, 0.5) is 4.79 Å². The van der Waals surface area contributed by atoms with Crippen LogP contribution in [0.2, 0.25) is 0 Å². The monoisotopic (exact) mass is 227 g/mol. The molecule has 1 rings (SSSR count). The molecule has 2 amide bonds. The predicted molar refractivity (Wildman–Crippen MR) is 58.7 cm³/mol. The van der Waals surface area contributed by atoms with E-state index in [0.29, 0.717) is 26.2 Å². The van der Waals surface area contributed by atoms with Crippen molar-refractivity contribution >= 4 is 6.03 Å². The maximum atomic E-state index is 10.3. The molecule has 0 saturated carbocycles. The molecule has 0 aliphatic heterocycles. The van der Waals surface area contributed by atoms with Crippen LogP contribution in [0.15, 0.2) is 18.5 Å². The summed E-state index contributed by atoms with van der Waals surface area (Å²) in [6.45, 7) is 1.91. The fourth-order valence-corrected chi connectivity index (χ4v) is 1.23. The van der Waals surface area contributed by atoms with E-state index in [9.17, 15) is 9.90 Å². The molecule has 0 radical (unpaired) electrons. The van der Waals surface area contributed by atoms with Crippen LogP contribution < -0.4 is 16.4 Å². The molecule has 1 aromatic rings. The Kier molecular flexibility index (Phi) is 5.30. The second kappa shape index (κ2) is 6.81. The van der Waals surface area contributed by atoms with Crippen LogP contribution in [0, 0.1) is 0 Å². The molecular weight excluding hydrogens is 210 g/mol. The van der Waals surface area contributed by atoms with Crippen LogP contribution in [0.3, 0.4) is 0 Å². The zero-order valence-corrected chi connectivity index (χ0v) is 8.97. The van der Waals surface area contributed by atoms with Gasteiger partial charge in [0.25, 0.3) is 0 Å². The lowest BCUT2D eigenvalue weighted by Crippen LogP contribution is -2.38. The van der Waals surface area contributed by atoms with Crippen molar-refractivity contribution in [2.24, 2.45) is 5.73 Å². The molecule has 0 bridgehead atoms. The van der Waals surface area contributed by atoms with Gasteiger partial charge in [0.15, 0.2) is 0 Å². The molecule has 1 atom stereocenters. The minimum Gasteiger partial charge on any atom is -0.390 e. The Labute approximate surface area is 93.6 Å². The standard InChI is InChI=1S/C9H17N5O2/c10-9(16)12-4-3-11-6-8(15)7-14-5-1-2-13-14/h1-2,5,8,11,15H,3-4,6-7H2,(H3,10,12,16). The second-order valence-electron chi connectivity index (χ2n) is 3.38. The van der Waals surface area contributed by atoms with Gasteiger partial charge in [-0.25, -0.2) is 4.79 Å². The van der Waals surface area contributed by atoms with E-state index in [1.807, 2.05) is 0 Å². The predicted octanol–water partition coefficient (Wildman–Crippen LogP) is -1.50. The Morgan fingerprint density at radius 1 is 1.56 bits per heavy atom. The summed E-state index contributed by atoms with van der Waals surface area (Å²) in [6, 6.07) is 1.26. The number of aromatic nitrogens is 2. The third-order valence-electron chi connectivity index (χ3n) is 1.94. The summed E-state index contributed by atoms with van der Waals surface area (Å²) < 4.78 is 1.66. The summed E-state index contributed by atoms with van der Waals surface area (Å²) in [6.07, 6.45) is 2.95. The number of hydrogen-bond donors (Lipinski definition) is 4. The van der Waals surface area contributed by atoms with Crippen molar-refractivity contribution in [2.45, 2.75) is 12.6 Å². The van der Waals surface area contributed by atoms with E-state index in [1.54, 1.807) is 23.1 Å². The van der Waals surface area contributed by atoms with Crippen LogP contribution in [0.5, 0.6) is 0 Å². The van der Waals surface area contributed by atoms with Gasteiger partial charge < -0.3 is 21.5 Å². The Hall–Kier alpha value is -1.60. The molecule has 1 unspecified atom stereocenters. The average molecular weight is 227 g/mol. The van der Waals surface area contributed by atoms with Crippen molar-refractivity contribution in [3.63, 3.8) is 0 Å². The van der Waals surface area contributed by atoms with Crippen molar-refractivity contribution < 1.29 is 9.90 Å². The number of carbonyl (C=O) groups is 1. The number of hydrogen-bond acceptors (Lipinski definition) is 4. The van der Waals surface area contributed by atoms with Gasteiger partial charge in [0.1, 0.15) is 0 Å². The number of urea groups is 1. The quantitative estimate of drug-likeness (QED) is 0.425. The molecule has 16 heavy (non-hydrogen) atoms. The van der Waals surface area contributed by atoms with Gasteiger partial charge in [0.05, 0.1) is 12.6 Å². The molecule has 5 N–H and O–H groups in total. The minimum absolute atomic E-state index is 0.445. The minimum atomic E-state index is -0.543. The van der Waals surface area contributed by atoms with E-state index < -0.39 is 12.1 Å². The SMILES string of the molecule is NC(=O)NCCNCC(O)Cn1cccn1. The van der Waals surface area contributed by atoms with E-state index >= 15 is 0 Å². The molecule has 0 spiro atoms. The molecule has 90 valence electrons. The van der Waals surface area contributed by atoms with Gasteiger partial charge in [-0.3, -0.25) is 4.68 Å². The van der Waals surface area contributed by atoms with Crippen molar-refractivity contribution in [3.8, 4) is 0 Å². The molecule has 1 aromatic heterocycles. The number of primary amides is 1. The second-order valence-corrected chi connectivity index (χ2v) is 3.38. The summed E-state index contributed by atoms with van der Waals surface area (Å²) in [7, 11) is 0. The first-order valence-electron chi connectivity index (χ1n) is 5.08. The van der Waals surface area contributed by atoms with E-state index in [-0.39, 0.29) is 0 Å². The lowest BCUT2D eigenvalue weighted by atomic mass is 10.3. The maximum absolute atomic E-state index is 10.3. The molecule has 0 aliphatic rings. The first-order chi connectivity index (χ1) is 7.68. The molecule has 7 heteroatoms. The lowest BCUT2D eigenvalue weighted by molar-refractivity contribution is 0.147. The first kappa shape index (κ1) is 12.5. The highest BCUT2D eigenvalue weighted by Gasteiger charge is 2.04. The Morgan fingerprint density at radius 2 is 2.38 bits per heavy atom. The maximum Gasteiger partial charge on any atom is 0.312 e. The summed E-state index contributed by atoms with van der Waals surface area (Å²) in [4.78, 5) is 10.3. The van der Waals surface area contributed by atoms with Crippen molar-refractivity contribution in [3.05, 3.63) is 18.5 Å². The lowest BCUT2D eigenvalue weighted by Gasteiger charge is -2.11. The van der Waals surface area contributed by atoms with Crippen molar-refractivity contribution in [2.75, 3.05) is 19.6 Å². The number of rotatable bonds is 7. The molecule has 7 nitrogen and oxygen atoms in total. The first-order valence-corrected chi connectivity index (χ1v) is 5.08. The normalized spacial score (nSPS) is 12.3. The van der Waals surface area contributed by atoms with E-state index in [1.165, 1.54) is 0 Å². The van der Waals surface area contributed by atoms with Gasteiger partial charge in [0, 0.05) is 32.0 Å². The average Bonchev–Trinajstić information content (AvgIpc) is 2.69. The molecule has 0 aromatic carbocycles. The fraction of sp³-hybridized carbons (Fsp3) is 0.556. The van der Waals surface area contributed by atoms with Crippen LogP contribution in [-0.4, -0.2) is 46.7 Å². The number of aliphatic hydroxyl groups is 1. The van der Waals surface area contributed by atoms with Gasteiger partial charge >= 0.3 is 6.03 Å². The fourth-order valence-electron chi connectivity index (χ4n) is 1.23. The van der Waals surface area contributed by atoms with Gasteiger partial charge in [0.2, 0.25) is 0 Å². The van der Waals surface area contributed by atoms with Gasteiger partial charge in [-0.05, 0) is 6.07 Å². The smallest absolute Gasteiger partial charge is 0.312 e. The molecule has 1 heterocycles. The topological polar surface area (TPSA) is 105 Å². The molecule has 0 fully saturated rings. The van der Waals surface area contributed by atoms with Gasteiger partial charge in [-0.15, -0.1) is 0 Å². The van der Waals surface area contributed by atoms with E-state index in [0.717, 1.165) is 0 Å². The number of carbonyl (C=O) groups excluding carboxylic acids is 1. The highest BCUT2D eigenvalue weighted by Crippen LogP contribution is 1.89. The van der Waals surface area contributed by atoms with Crippen molar-refractivity contribution in [1.82, 2.24) is 20.4 Å². The van der Waals surface area contributed by atoms with Crippen LogP contribution in [0.25, 0.3) is 0 Å². The largest absolute Gasteiger partial charge is 0.390 e. The van der Waals surface area contributed by atoms with Crippen LogP contribution in [-0.2, 0) is 6.54 Å². The van der Waals surface area contributed by atoms with Crippen LogP contribution >= 0.6 is 0 Å². The van der Waals surface area contributed by atoms with Gasteiger partial charge in [-0.1, -0.05) is 0 Å². The highest BCUT2D eigenvalue weighted by atomic mass is 16.3. The Morgan fingerprint density at radius 3 is 3.00 bits per heavy atom. The summed E-state index contributed by atoms with van der Waals surface area (Å²) in [5.41, 5.74) is 4.89. The number of amides is 2. The molecule has 0 aliphatic carbocycles. The number of nitrogens with two attached hydrogens (primary N) is 1. The highest BCUT2D eigenvalue weighted by molar-refractivity contribution is 5.71. The zero-order chi connectivity index (χ0) is 11.8.